The van der Waals surface area contributed by atoms with E-state index < -0.39 is 0 Å². The highest BCUT2D eigenvalue weighted by Crippen LogP contribution is 2.30. The summed E-state index contributed by atoms with van der Waals surface area (Å²) in [6.07, 6.45) is 1.51. The maximum atomic E-state index is 12.6. The molecule has 0 bridgehead atoms. The van der Waals surface area contributed by atoms with E-state index >= 15 is 0 Å². The molecule has 1 aliphatic rings. The second kappa shape index (κ2) is 10.7. The molecule has 1 saturated heterocycles. The molecule has 2 aromatic rings. The van der Waals surface area contributed by atoms with Gasteiger partial charge in [-0.25, -0.2) is 0 Å². The molecular weight excluding hydrogens is 398 g/mol. The van der Waals surface area contributed by atoms with Gasteiger partial charge in [-0.1, -0.05) is 12.1 Å². The van der Waals surface area contributed by atoms with Gasteiger partial charge in [-0.3, -0.25) is 9.59 Å². The van der Waals surface area contributed by atoms with Gasteiger partial charge in [0.05, 0.1) is 13.7 Å². The summed E-state index contributed by atoms with van der Waals surface area (Å²) in [6.45, 7) is 5.12. The van der Waals surface area contributed by atoms with Crippen molar-refractivity contribution in [2.24, 2.45) is 0 Å². The topological polar surface area (TPSA) is 74.3 Å². The summed E-state index contributed by atoms with van der Waals surface area (Å²) in [5.74, 6) is 2.19. The first-order chi connectivity index (χ1) is 15.0. The van der Waals surface area contributed by atoms with Gasteiger partial charge in [-0.05, 0) is 44.2 Å². The van der Waals surface area contributed by atoms with Gasteiger partial charge in [0.2, 0.25) is 0 Å². The second-order valence-electron chi connectivity index (χ2n) is 7.29. The van der Waals surface area contributed by atoms with E-state index in [1.54, 1.807) is 23.1 Å². The number of hydrogen-bond donors (Lipinski definition) is 0. The van der Waals surface area contributed by atoms with Crippen LogP contribution in [0, 0.1) is 0 Å². The largest absolute Gasteiger partial charge is 0.493 e. The minimum Gasteiger partial charge on any atom is -0.493 e. The number of carbonyl (C=O) groups excluding carboxylic acids is 2. The number of piperidine rings is 1. The van der Waals surface area contributed by atoms with Crippen molar-refractivity contribution in [2.75, 3.05) is 33.4 Å². The lowest BCUT2D eigenvalue weighted by atomic mass is 10.1. The first-order valence-electron chi connectivity index (χ1n) is 10.5. The monoisotopic (exact) mass is 427 g/mol. The van der Waals surface area contributed by atoms with E-state index in [2.05, 4.69) is 0 Å². The number of ketones is 1. The van der Waals surface area contributed by atoms with Crippen molar-refractivity contribution >= 4 is 11.7 Å². The summed E-state index contributed by atoms with van der Waals surface area (Å²) in [6, 6.07) is 12.6. The van der Waals surface area contributed by atoms with Crippen molar-refractivity contribution in [3.05, 3.63) is 48.0 Å². The van der Waals surface area contributed by atoms with Crippen molar-refractivity contribution in [2.45, 2.75) is 32.8 Å². The number of rotatable bonds is 9. The molecule has 1 fully saturated rings. The lowest BCUT2D eigenvalue weighted by molar-refractivity contribution is -0.135. The van der Waals surface area contributed by atoms with Crippen LogP contribution >= 0.6 is 0 Å². The third-order valence-electron chi connectivity index (χ3n) is 5.16. The average Bonchev–Trinajstić information content (AvgIpc) is 2.79. The predicted molar refractivity (Wildman–Crippen MR) is 116 cm³/mol. The SMILES string of the molecule is CCOc1ccccc1OC1CCN(C(=O)COc2ccc(C(C)=O)cc2OC)CC1. The van der Waals surface area contributed by atoms with Crippen molar-refractivity contribution in [1.82, 2.24) is 4.90 Å². The van der Waals surface area contributed by atoms with E-state index in [1.165, 1.54) is 14.0 Å². The first-order valence-corrected chi connectivity index (χ1v) is 10.5. The van der Waals surface area contributed by atoms with Crippen LogP contribution in [0.1, 0.15) is 37.0 Å². The molecule has 1 heterocycles. The van der Waals surface area contributed by atoms with E-state index in [9.17, 15) is 9.59 Å². The van der Waals surface area contributed by atoms with Crippen LogP contribution in [-0.4, -0.2) is 56.1 Å². The number of carbonyl (C=O) groups is 2. The number of para-hydroxylation sites is 2. The molecule has 3 rings (SSSR count). The Kier molecular flexibility index (Phi) is 7.76. The van der Waals surface area contributed by atoms with Crippen LogP contribution in [0.15, 0.2) is 42.5 Å². The quantitative estimate of drug-likeness (QED) is 0.568. The molecule has 0 spiro atoms. The number of likely N-dealkylation sites (tertiary alicyclic amines) is 1. The number of nitrogens with zero attached hydrogens (tertiary/aromatic N) is 1. The van der Waals surface area contributed by atoms with E-state index in [-0.39, 0.29) is 24.4 Å². The smallest absolute Gasteiger partial charge is 0.260 e. The molecule has 2 aromatic carbocycles. The fourth-order valence-electron chi connectivity index (χ4n) is 3.46. The molecule has 166 valence electrons. The van der Waals surface area contributed by atoms with Gasteiger partial charge in [0.25, 0.3) is 5.91 Å². The lowest BCUT2D eigenvalue weighted by Crippen LogP contribution is -2.43. The molecule has 0 aromatic heterocycles. The Balaban J connectivity index is 1.50. The van der Waals surface area contributed by atoms with E-state index in [4.69, 9.17) is 18.9 Å². The highest BCUT2D eigenvalue weighted by molar-refractivity contribution is 5.94. The third-order valence-corrected chi connectivity index (χ3v) is 5.16. The summed E-state index contributed by atoms with van der Waals surface area (Å²) in [4.78, 5) is 25.9. The number of ether oxygens (including phenoxy) is 4. The fourth-order valence-corrected chi connectivity index (χ4v) is 3.46. The lowest BCUT2D eigenvalue weighted by Gasteiger charge is -2.32. The van der Waals surface area contributed by atoms with Crippen LogP contribution in [0.2, 0.25) is 0 Å². The Morgan fingerprint density at radius 2 is 1.65 bits per heavy atom. The third kappa shape index (κ3) is 5.90. The van der Waals surface area contributed by atoms with Gasteiger partial charge in [-0.2, -0.15) is 0 Å². The second-order valence-corrected chi connectivity index (χ2v) is 7.29. The Labute approximate surface area is 182 Å². The van der Waals surface area contributed by atoms with Gasteiger partial charge in [0, 0.05) is 31.5 Å². The molecular formula is C24H29NO6. The Morgan fingerprint density at radius 3 is 2.29 bits per heavy atom. The molecule has 31 heavy (non-hydrogen) atoms. The van der Waals surface area contributed by atoms with E-state index in [0.29, 0.717) is 36.8 Å². The molecule has 7 heteroatoms. The summed E-state index contributed by atoms with van der Waals surface area (Å²) < 4.78 is 22.7. The van der Waals surface area contributed by atoms with Crippen LogP contribution in [0.4, 0.5) is 0 Å². The molecule has 1 aliphatic heterocycles. The predicted octanol–water partition coefficient (Wildman–Crippen LogP) is 3.75. The van der Waals surface area contributed by atoms with Crippen molar-refractivity contribution in [3.63, 3.8) is 0 Å². The Bertz CT molecular complexity index is 905. The molecule has 7 nitrogen and oxygen atoms in total. The van der Waals surface area contributed by atoms with Crippen LogP contribution in [0.25, 0.3) is 0 Å². The fraction of sp³-hybridized carbons (Fsp3) is 0.417. The molecule has 0 atom stereocenters. The minimum atomic E-state index is -0.0918. The summed E-state index contributed by atoms with van der Waals surface area (Å²) in [7, 11) is 1.50. The Hall–Kier alpha value is -3.22. The zero-order valence-electron chi connectivity index (χ0n) is 18.3. The van der Waals surface area contributed by atoms with Crippen LogP contribution in [0.5, 0.6) is 23.0 Å². The average molecular weight is 427 g/mol. The van der Waals surface area contributed by atoms with E-state index in [1.807, 2.05) is 31.2 Å². The molecule has 0 radical (unpaired) electrons. The minimum absolute atomic E-state index is 0.0331. The molecule has 1 amide bonds. The molecule has 0 aliphatic carbocycles. The highest BCUT2D eigenvalue weighted by atomic mass is 16.5. The van der Waals surface area contributed by atoms with Crippen LogP contribution < -0.4 is 18.9 Å². The standard InChI is InChI=1S/C24H29NO6/c1-4-29-20-7-5-6-8-22(20)31-19-11-13-25(14-12-19)24(27)16-30-21-10-9-18(17(2)26)15-23(21)28-3/h5-10,15,19H,4,11-14,16H2,1-3H3. The van der Waals surface area contributed by atoms with Crippen molar-refractivity contribution in [3.8, 4) is 23.0 Å². The zero-order valence-corrected chi connectivity index (χ0v) is 18.3. The summed E-state index contributed by atoms with van der Waals surface area (Å²) in [5, 5.41) is 0. The molecule has 0 N–H and O–H groups in total. The summed E-state index contributed by atoms with van der Waals surface area (Å²) >= 11 is 0. The summed E-state index contributed by atoms with van der Waals surface area (Å²) in [5.41, 5.74) is 0.531. The maximum absolute atomic E-state index is 12.6. The highest BCUT2D eigenvalue weighted by Gasteiger charge is 2.25. The van der Waals surface area contributed by atoms with Gasteiger partial charge in [0.15, 0.2) is 35.4 Å². The van der Waals surface area contributed by atoms with Crippen molar-refractivity contribution in [1.29, 1.82) is 0 Å². The number of benzene rings is 2. The number of amides is 1. The van der Waals surface area contributed by atoms with Gasteiger partial charge < -0.3 is 23.8 Å². The Morgan fingerprint density at radius 1 is 0.968 bits per heavy atom. The zero-order chi connectivity index (χ0) is 22.2. The van der Waals surface area contributed by atoms with Gasteiger partial charge >= 0.3 is 0 Å². The maximum Gasteiger partial charge on any atom is 0.260 e. The first kappa shape index (κ1) is 22.5. The molecule has 0 saturated carbocycles. The van der Waals surface area contributed by atoms with Crippen molar-refractivity contribution < 1.29 is 28.5 Å². The molecule has 0 unspecified atom stereocenters. The van der Waals surface area contributed by atoms with Gasteiger partial charge in [-0.15, -0.1) is 0 Å². The normalized spacial score (nSPS) is 14.1. The van der Waals surface area contributed by atoms with Gasteiger partial charge in [0.1, 0.15) is 6.10 Å². The van der Waals surface area contributed by atoms with Crippen LogP contribution in [0.3, 0.4) is 0 Å². The van der Waals surface area contributed by atoms with Crippen LogP contribution in [-0.2, 0) is 4.79 Å². The number of Topliss-reactive ketones (excluding diaryl/α,β-unsaturated/α-hetero) is 1. The number of hydrogen-bond acceptors (Lipinski definition) is 6. The number of methoxy groups -OCH3 is 1. The van der Waals surface area contributed by atoms with E-state index in [0.717, 1.165) is 24.3 Å².